The molecule has 0 spiro atoms. The standard InChI is InChI=1S/C7H14N4O2/c8-6(12)4-11(7(9)13)5-1-2-10-3-5/h5,10H,1-4H2,(H2,8,12)(H2,9,13). The number of carbonyl (C=O) groups is 2. The molecule has 0 aromatic carbocycles. The summed E-state index contributed by atoms with van der Waals surface area (Å²) < 4.78 is 0. The Bertz CT molecular complexity index is 213. The van der Waals surface area contributed by atoms with E-state index in [1.807, 2.05) is 0 Å². The Morgan fingerprint density at radius 2 is 2.15 bits per heavy atom. The molecule has 0 aliphatic carbocycles. The van der Waals surface area contributed by atoms with E-state index in [4.69, 9.17) is 11.5 Å². The van der Waals surface area contributed by atoms with Crippen LogP contribution in [-0.2, 0) is 4.79 Å². The van der Waals surface area contributed by atoms with Gasteiger partial charge in [0.1, 0.15) is 6.54 Å². The minimum Gasteiger partial charge on any atom is -0.368 e. The maximum atomic E-state index is 10.9. The van der Waals surface area contributed by atoms with Crippen molar-refractivity contribution in [3.8, 4) is 0 Å². The summed E-state index contributed by atoms with van der Waals surface area (Å²) in [6.45, 7) is 1.42. The van der Waals surface area contributed by atoms with E-state index in [-0.39, 0.29) is 12.6 Å². The van der Waals surface area contributed by atoms with Crippen molar-refractivity contribution in [2.24, 2.45) is 11.5 Å². The second kappa shape index (κ2) is 4.08. The largest absolute Gasteiger partial charge is 0.368 e. The number of hydrogen-bond acceptors (Lipinski definition) is 3. The number of carbonyl (C=O) groups excluding carboxylic acids is 2. The van der Waals surface area contributed by atoms with Crippen LogP contribution in [0.25, 0.3) is 0 Å². The maximum absolute atomic E-state index is 10.9. The van der Waals surface area contributed by atoms with Crippen molar-refractivity contribution in [1.82, 2.24) is 10.2 Å². The van der Waals surface area contributed by atoms with Gasteiger partial charge in [-0.3, -0.25) is 4.79 Å². The third-order valence-corrected chi connectivity index (χ3v) is 2.08. The van der Waals surface area contributed by atoms with Crippen LogP contribution in [0, 0.1) is 0 Å². The molecule has 0 radical (unpaired) electrons. The van der Waals surface area contributed by atoms with E-state index in [0.29, 0.717) is 6.54 Å². The number of rotatable bonds is 3. The Balaban J connectivity index is 2.55. The Hall–Kier alpha value is -1.30. The second-order valence-electron chi connectivity index (χ2n) is 3.08. The average molecular weight is 186 g/mol. The first-order chi connectivity index (χ1) is 6.11. The predicted octanol–water partition coefficient (Wildman–Crippen LogP) is -1.79. The number of hydrogen-bond donors (Lipinski definition) is 3. The summed E-state index contributed by atoms with van der Waals surface area (Å²) in [5, 5.41) is 3.08. The molecule has 0 aromatic heterocycles. The van der Waals surface area contributed by atoms with Gasteiger partial charge in [-0.25, -0.2) is 4.79 Å². The lowest BCUT2D eigenvalue weighted by Gasteiger charge is -2.24. The molecule has 1 aliphatic heterocycles. The smallest absolute Gasteiger partial charge is 0.315 e. The molecule has 1 aliphatic rings. The molecule has 1 rings (SSSR count). The van der Waals surface area contributed by atoms with Gasteiger partial charge < -0.3 is 21.7 Å². The molecule has 1 fully saturated rings. The van der Waals surface area contributed by atoms with E-state index < -0.39 is 11.9 Å². The van der Waals surface area contributed by atoms with Crippen LogP contribution >= 0.6 is 0 Å². The topological polar surface area (TPSA) is 101 Å². The first kappa shape index (κ1) is 9.79. The zero-order valence-corrected chi connectivity index (χ0v) is 7.32. The zero-order valence-electron chi connectivity index (χ0n) is 7.32. The van der Waals surface area contributed by atoms with Crippen molar-refractivity contribution < 1.29 is 9.59 Å². The van der Waals surface area contributed by atoms with Gasteiger partial charge in [0.15, 0.2) is 0 Å². The molecule has 3 amide bonds. The van der Waals surface area contributed by atoms with Crippen LogP contribution in [0.3, 0.4) is 0 Å². The third-order valence-electron chi connectivity index (χ3n) is 2.08. The number of nitrogens with zero attached hydrogens (tertiary/aromatic N) is 1. The molecule has 1 saturated heterocycles. The van der Waals surface area contributed by atoms with Gasteiger partial charge >= 0.3 is 6.03 Å². The molecule has 0 saturated carbocycles. The van der Waals surface area contributed by atoms with Gasteiger partial charge in [0, 0.05) is 12.6 Å². The predicted molar refractivity (Wildman–Crippen MR) is 46.8 cm³/mol. The lowest BCUT2D eigenvalue weighted by atomic mass is 10.2. The quantitative estimate of drug-likeness (QED) is 0.485. The van der Waals surface area contributed by atoms with E-state index in [0.717, 1.165) is 13.0 Å². The first-order valence-corrected chi connectivity index (χ1v) is 4.16. The summed E-state index contributed by atoms with van der Waals surface area (Å²) in [7, 11) is 0. The molecule has 1 atom stereocenters. The van der Waals surface area contributed by atoms with Gasteiger partial charge in [0.25, 0.3) is 0 Å². The van der Waals surface area contributed by atoms with E-state index >= 15 is 0 Å². The Kier molecular flexibility index (Phi) is 3.07. The molecule has 74 valence electrons. The van der Waals surface area contributed by atoms with Gasteiger partial charge in [0.05, 0.1) is 0 Å². The van der Waals surface area contributed by atoms with Crippen LogP contribution < -0.4 is 16.8 Å². The fraction of sp³-hybridized carbons (Fsp3) is 0.714. The number of nitrogens with one attached hydrogen (secondary N) is 1. The summed E-state index contributed by atoms with van der Waals surface area (Å²) in [6.07, 6.45) is 0.816. The second-order valence-corrected chi connectivity index (χ2v) is 3.08. The maximum Gasteiger partial charge on any atom is 0.315 e. The highest BCUT2D eigenvalue weighted by Crippen LogP contribution is 2.07. The minimum absolute atomic E-state index is 0.00463. The molecule has 13 heavy (non-hydrogen) atoms. The highest BCUT2D eigenvalue weighted by molar-refractivity contribution is 5.82. The Morgan fingerprint density at radius 3 is 2.54 bits per heavy atom. The van der Waals surface area contributed by atoms with Gasteiger partial charge in [-0.05, 0) is 13.0 Å². The van der Waals surface area contributed by atoms with Gasteiger partial charge in [0.2, 0.25) is 5.91 Å². The molecule has 0 bridgehead atoms. The molecule has 5 N–H and O–H groups in total. The minimum atomic E-state index is -0.590. The molecular weight excluding hydrogens is 172 g/mol. The van der Waals surface area contributed by atoms with Crippen LogP contribution in [0.5, 0.6) is 0 Å². The summed E-state index contributed by atoms with van der Waals surface area (Å²) in [4.78, 5) is 22.9. The molecule has 6 nitrogen and oxygen atoms in total. The van der Waals surface area contributed by atoms with E-state index in [1.165, 1.54) is 4.90 Å². The Labute approximate surface area is 76.2 Å². The van der Waals surface area contributed by atoms with Crippen molar-refractivity contribution in [2.75, 3.05) is 19.6 Å². The van der Waals surface area contributed by atoms with Gasteiger partial charge in [-0.15, -0.1) is 0 Å². The van der Waals surface area contributed by atoms with Crippen LogP contribution in [0.1, 0.15) is 6.42 Å². The van der Waals surface area contributed by atoms with E-state index in [9.17, 15) is 9.59 Å². The van der Waals surface area contributed by atoms with Crippen LogP contribution in [0.15, 0.2) is 0 Å². The average Bonchev–Trinajstić information content (AvgIpc) is 2.50. The normalized spacial score (nSPS) is 21.4. The third kappa shape index (κ3) is 2.59. The summed E-state index contributed by atoms with van der Waals surface area (Å²) in [5.41, 5.74) is 10.1. The number of primary amides is 2. The Morgan fingerprint density at radius 1 is 1.46 bits per heavy atom. The first-order valence-electron chi connectivity index (χ1n) is 4.16. The van der Waals surface area contributed by atoms with Gasteiger partial charge in [-0.1, -0.05) is 0 Å². The van der Waals surface area contributed by atoms with Crippen molar-refractivity contribution in [1.29, 1.82) is 0 Å². The summed E-state index contributed by atoms with van der Waals surface area (Å²) in [5.74, 6) is -0.536. The van der Waals surface area contributed by atoms with E-state index in [1.54, 1.807) is 0 Å². The highest BCUT2D eigenvalue weighted by Gasteiger charge is 2.25. The molecule has 6 heteroatoms. The molecule has 0 aromatic rings. The van der Waals surface area contributed by atoms with Crippen LogP contribution in [0.4, 0.5) is 4.79 Å². The van der Waals surface area contributed by atoms with E-state index in [2.05, 4.69) is 5.32 Å². The van der Waals surface area contributed by atoms with Gasteiger partial charge in [-0.2, -0.15) is 0 Å². The zero-order chi connectivity index (χ0) is 9.84. The SMILES string of the molecule is NC(=O)CN(C(N)=O)C1CCNC1. The van der Waals surface area contributed by atoms with Crippen LogP contribution in [0.2, 0.25) is 0 Å². The fourth-order valence-electron chi connectivity index (χ4n) is 1.46. The van der Waals surface area contributed by atoms with Crippen molar-refractivity contribution in [3.63, 3.8) is 0 Å². The molecule has 1 heterocycles. The highest BCUT2D eigenvalue weighted by atomic mass is 16.2. The summed E-state index contributed by atoms with van der Waals surface area (Å²) >= 11 is 0. The van der Waals surface area contributed by atoms with Crippen molar-refractivity contribution in [2.45, 2.75) is 12.5 Å². The summed E-state index contributed by atoms with van der Waals surface area (Å²) in [6, 6.07) is -0.586. The van der Waals surface area contributed by atoms with Crippen LogP contribution in [-0.4, -0.2) is 42.5 Å². The molecule has 1 unspecified atom stereocenters. The lowest BCUT2D eigenvalue weighted by molar-refractivity contribution is -0.118. The monoisotopic (exact) mass is 186 g/mol. The van der Waals surface area contributed by atoms with Crippen molar-refractivity contribution >= 4 is 11.9 Å². The lowest BCUT2D eigenvalue weighted by Crippen LogP contribution is -2.48. The fourth-order valence-corrected chi connectivity index (χ4v) is 1.46. The number of urea groups is 1. The van der Waals surface area contributed by atoms with Crippen molar-refractivity contribution in [3.05, 3.63) is 0 Å². The number of nitrogens with two attached hydrogens (primary N) is 2. The number of amides is 3. The molecular formula is C7H14N4O2.